The van der Waals surface area contributed by atoms with E-state index in [2.05, 4.69) is 26.5 Å². The Morgan fingerprint density at radius 2 is 2.10 bits per heavy atom. The Hall–Kier alpha value is -1.25. The van der Waals surface area contributed by atoms with Crippen molar-refractivity contribution in [1.82, 2.24) is 4.90 Å². The zero-order valence-electron chi connectivity index (χ0n) is 13.8. The number of rotatable bonds is 3. The molecule has 1 rings (SSSR count). The lowest BCUT2D eigenvalue weighted by atomic mass is 9.79. The van der Waals surface area contributed by atoms with E-state index in [1.54, 1.807) is 4.90 Å². The Labute approximate surface area is 123 Å². The molecule has 0 spiro atoms. The Morgan fingerprint density at radius 3 is 2.60 bits per heavy atom. The normalized spacial score (nSPS) is 23.0. The summed E-state index contributed by atoms with van der Waals surface area (Å²) in [6, 6.07) is 0. The summed E-state index contributed by atoms with van der Waals surface area (Å²) < 4.78 is 5.40. The summed E-state index contributed by atoms with van der Waals surface area (Å²) in [5.41, 5.74) is 2.17. The van der Waals surface area contributed by atoms with E-state index in [0.29, 0.717) is 18.4 Å². The second kappa shape index (κ2) is 6.47. The highest BCUT2D eigenvalue weighted by molar-refractivity contribution is 5.67. The molecular weight excluding hydrogens is 250 g/mol. The minimum Gasteiger partial charge on any atom is -0.444 e. The van der Waals surface area contributed by atoms with Crippen molar-refractivity contribution in [3.63, 3.8) is 0 Å². The van der Waals surface area contributed by atoms with Gasteiger partial charge in [-0.15, -0.1) is 0 Å². The van der Waals surface area contributed by atoms with E-state index in [1.165, 1.54) is 11.1 Å². The second-order valence-electron chi connectivity index (χ2n) is 7.02. The highest BCUT2D eigenvalue weighted by atomic mass is 16.6. The predicted octanol–water partition coefficient (Wildman–Crippen LogP) is 4.40. The molecule has 2 atom stereocenters. The lowest BCUT2D eigenvalue weighted by molar-refractivity contribution is 0.0275. The molecule has 1 amide bonds. The first-order valence-corrected chi connectivity index (χ1v) is 7.36. The SMILES string of the molecule is C=C(C)[C@H]1CC=C(C)[C@@H](CN(C)C(=O)OC(C)(C)C)C1. The fourth-order valence-electron chi connectivity index (χ4n) is 2.49. The van der Waals surface area contributed by atoms with Gasteiger partial charge in [-0.3, -0.25) is 0 Å². The molecule has 1 aliphatic rings. The van der Waals surface area contributed by atoms with Crippen LogP contribution in [0.4, 0.5) is 4.79 Å². The van der Waals surface area contributed by atoms with Gasteiger partial charge in [0.2, 0.25) is 0 Å². The van der Waals surface area contributed by atoms with Gasteiger partial charge < -0.3 is 9.64 Å². The molecule has 0 unspecified atom stereocenters. The van der Waals surface area contributed by atoms with Crippen LogP contribution in [0, 0.1) is 11.8 Å². The molecule has 0 saturated heterocycles. The third kappa shape index (κ3) is 5.03. The summed E-state index contributed by atoms with van der Waals surface area (Å²) in [5.74, 6) is 0.943. The van der Waals surface area contributed by atoms with Gasteiger partial charge in [-0.1, -0.05) is 23.8 Å². The Balaban J connectivity index is 2.62. The molecule has 1 aliphatic carbocycles. The van der Waals surface area contributed by atoms with E-state index < -0.39 is 5.60 Å². The molecule has 0 bridgehead atoms. The monoisotopic (exact) mass is 279 g/mol. The van der Waals surface area contributed by atoms with Crippen LogP contribution in [0.1, 0.15) is 47.5 Å². The number of ether oxygens (including phenoxy) is 1. The molecule has 114 valence electrons. The van der Waals surface area contributed by atoms with E-state index in [-0.39, 0.29) is 6.09 Å². The maximum atomic E-state index is 12.0. The van der Waals surface area contributed by atoms with Gasteiger partial charge >= 0.3 is 6.09 Å². The molecular formula is C17H29NO2. The molecule has 0 radical (unpaired) electrons. The standard InChI is InChI=1S/C17H29NO2/c1-12(2)14-9-8-13(3)15(10-14)11-18(7)16(19)20-17(4,5)6/h8,14-15H,1,9-11H2,2-7H3/t14-,15+/m0/s1. The van der Waals surface area contributed by atoms with Gasteiger partial charge in [0.25, 0.3) is 0 Å². The number of allylic oxidation sites excluding steroid dienone is 2. The topological polar surface area (TPSA) is 29.5 Å². The van der Waals surface area contributed by atoms with Crippen LogP contribution in [0.2, 0.25) is 0 Å². The fraction of sp³-hybridized carbons (Fsp3) is 0.706. The maximum absolute atomic E-state index is 12.0. The average molecular weight is 279 g/mol. The first-order valence-electron chi connectivity index (χ1n) is 7.36. The van der Waals surface area contributed by atoms with Crippen LogP contribution in [-0.4, -0.2) is 30.2 Å². The average Bonchev–Trinajstić information content (AvgIpc) is 2.29. The van der Waals surface area contributed by atoms with Gasteiger partial charge in [0.15, 0.2) is 0 Å². The van der Waals surface area contributed by atoms with Crippen molar-refractivity contribution in [1.29, 1.82) is 0 Å². The first kappa shape index (κ1) is 16.8. The molecule has 0 aromatic heterocycles. The van der Waals surface area contributed by atoms with E-state index in [4.69, 9.17) is 4.74 Å². The third-order valence-corrected chi connectivity index (χ3v) is 3.83. The summed E-state index contributed by atoms with van der Waals surface area (Å²) in [6.07, 6.45) is 4.19. The smallest absolute Gasteiger partial charge is 0.410 e. The molecule has 3 nitrogen and oxygen atoms in total. The summed E-state index contributed by atoms with van der Waals surface area (Å²) in [6.45, 7) is 14.7. The molecule has 3 heteroatoms. The summed E-state index contributed by atoms with van der Waals surface area (Å²) >= 11 is 0. The van der Waals surface area contributed by atoms with Gasteiger partial charge in [0.1, 0.15) is 5.60 Å². The minimum atomic E-state index is -0.441. The highest BCUT2D eigenvalue weighted by Crippen LogP contribution is 2.33. The van der Waals surface area contributed by atoms with Gasteiger partial charge in [0.05, 0.1) is 0 Å². The first-order chi connectivity index (χ1) is 9.10. The van der Waals surface area contributed by atoms with Gasteiger partial charge in [-0.25, -0.2) is 4.79 Å². The molecule has 0 aromatic carbocycles. The van der Waals surface area contributed by atoms with E-state index in [1.807, 2.05) is 27.8 Å². The molecule has 0 aromatic rings. The van der Waals surface area contributed by atoms with E-state index in [9.17, 15) is 4.79 Å². The highest BCUT2D eigenvalue weighted by Gasteiger charge is 2.26. The molecule has 0 N–H and O–H groups in total. The number of nitrogens with zero attached hydrogens (tertiary/aromatic N) is 1. The van der Waals surface area contributed by atoms with Crippen molar-refractivity contribution in [2.75, 3.05) is 13.6 Å². The molecule has 0 heterocycles. The lowest BCUT2D eigenvalue weighted by Gasteiger charge is -2.32. The summed E-state index contributed by atoms with van der Waals surface area (Å²) in [5, 5.41) is 0. The Kier molecular flexibility index (Phi) is 5.43. The van der Waals surface area contributed by atoms with Gasteiger partial charge in [-0.05, 0) is 59.3 Å². The van der Waals surface area contributed by atoms with Gasteiger partial charge in [0, 0.05) is 13.6 Å². The van der Waals surface area contributed by atoms with Crippen LogP contribution < -0.4 is 0 Å². The molecule has 0 fully saturated rings. The second-order valence-corrected chi connectivity index (χ2v) is 7.02. The number of carbonyl (C=O) groups excluding carboxylic acids is 1. The quantitative estimate of drug-likeness (QED) is 0.716. The fourth-order valence-corrected chi connectivity index (χ4v) is 2.49. The van der Waals surface area contributed by atoms with Crippen LogP contribution >= 0.6 is 0 Å². The van der Waals surface area contributed by atoms with Crippen LogP contribution in [0.3, 0.4) is 0 Å². The Morgan fingerprint density at radius 1 is 1.50 bits per heavy atom. The molecule has 0 aliphatic heterocycles. The van der Waals surface area contributed by atoms with Crippen molar-refractivity contribution >= 4 is 6.09 Å². The van der Waals surface area contributed by atoms with Crippen LogP contribution in [0.5, 0.6) is 0 Å². The largest absolute Gasteiger partial charge is 0.444 e. The van der Waals surface area contributed by atoms with Gasteiger partial charge in [-0.2, -0.15) is 0 Å². The third-order valence-electron chi connectivity index (χ3n) is 3.83. The van der Waals surface area contributed by atoms with Crippen molar-refractivity contribution in [2.24, 2.45) is 11.8 Å². The molecule has 20 heavy (non-hydrogen) atoms. The van der Waals surface area contributed by atoms with Crippen molar-refractivity contribution in [3.05, 3.63) is 23.8 Å². The van der Waals surface area contributed by atoms with E-state index >= 15 is 0 Å². The maximum Gasteiger partial charge on any atom is 0.410 e. The summed E-state index contributed by atoms with van der Waals surface area (Å²) in [4.78, 5) is 13.7. The number of carbonyl (C=O) groups is 1. The zero-order valence-corrected chi connectivity index (χ0v) is 13.8. The van der Waals surface area contributed by atoms with Crippen LogP contribution in [0.15, 0.2) is 23.8 Å². The number of hydrogen-bond acceptors (Lipinski definition) is 2. The minimum absolute atomic E-state index is 0.247. The van der Waals surface area contributed by atoms with Crippen LogP contribution in [-0.2, 0) is 4.74 Å². The van der Waals surface area contributed by atoms with Crippen LogP contribution in [0.25, 0.3) is 0 Å². The van der Waals surface area contributed by atoms with Crippen molar-refractivity contribution in [3.8, 4) is 0 Å². The Bertz CT molecular complexity index is 404. The van der Waals surface area contributed by atoms with Crippen molar-refractivity contribution in [2.45, 2.75) is 53.1 Å². The van der Waals surface area contributed by atoms with E-state index in [0.717, 1.165) is 12.8 Å². The zero-order chi connectivity index (χ0) is 15.5. The number of amides is 1. The lowest BCUT2D eigenvalue weighted by Crippen LogP contribution is -2.38. The predicted molar refractivity (Wildman–Crippen MR) is 83.6 cm³/mol. The molecule has 0 saturated carbocycles. The van der Waals surface area contributed by atoms with Crippen molar-refractivity contribution < 1.29 is 9.53 Å². The number of hydrogen-bond donors (Lipinski definition) is 0. The summed E-state index contributed by atoms with van der Waals surface area (Å²) in [7, 11) is 1.81.